The molecule has 0 saturated carbocycles. The Bertz CT molecular complexity index is 1270. The minimum absolute atomic E-state index is 0.0845. The highest BCUT2D eigenvalue weighted by Crippen LogP contribution is 2.41. The minimum Gasteiger partial charge on any atom is -0.459 e. The first-order chi connectivity index (χ1) is 25.5. The Morgan fingerprint density at radius 1 is 0.945 bits per heavy atom. The summed E-state index contributed by atoms with van der Waals surface area (Å²) >= 11 is 0. The molecule has 3 saturated heterocycles. The van der Waals surface area contributed by atoms with E-state index in [4.69, 9.17) is 33.2 Å². The van der Waals surface area contributed by atoms with Gasteiger partial charge in [-0.3, -0.25) is 9.59 Å². The number of esters is 1. The number of ether oxygens (including phenoxy) is 7. The van der Waals surface area contributed by atoms with Crippen molar-refractivity contribution in [1.29, 1.82) is 0 Å². The van der Waals surface area contributed by atoms with E-state index in [2.05, 4.69) is 11.9 Å². The minimum atomic E-state index is -2.01. The quantitative estimate of drug-likeness (QED) is 0.160. The Kier molecular flexibility index (Phi) is 16.7. The van der Waals surface area contributed by atoms with Crippen molar-refractivity contribution < 1.29 is 63.2 Å². The van der Waals surface area contributed by atoms with Gasteiger partial charge in [-0.25, -0.2) is 0 Å². The van der Waals surface area contributed by atoms with Gasteiger partial charge in [-0.1, -0.05) is 26.8 Å². The van der Waals surface area contributed by atoms with Crippen molar-refractivity contribution >= 4 is 11.9 Å². The van der Waals surface area contributed by atoms with Gasteiger partial charge in [0.15, 0.2) is 12.6 Å². The molecule has 15 nitrogen and oxygen atoms in total. The Morgan fingerprint density at radius 3 is 2.15 bits per heavy atom. The van der Waals surface area contributed by atoms with Crippen LogP contribution >= 0.6 is 0 Å². The standard InChI is InChI=1S/C40H72N2O13/c1-15-17-50-39(10)19-21(3)41-35(46)25(7)32(44)40(11,48)28(16-2)53-36(47)24(6)31(54-29-20-38(9,49-14)33(45)26(8)52-29)23(5)34(39)55-37-30(43)27(42(12)13)18-22(4)51-37/h15,21-34,37,43-45,48H,1,16-20H2,2-14H3,(H,41,46)/t21-,22-,23+,24-,25-,26+,27+,28-,29-,30-,31+,32+,33+,34-,37+,38-,39-,40+/m1/s1. The maximum absolute atomic E-state index is 14.3. The molecule has 1 amide bonds. The number of hydrogen-bond acceptors (Lipinski definition) is 14. The summed E-state index contributed by atoms with van der Waals surface area (Å²) in [5.74, 6) is -4.15. The van der Waals surface area contributed by atoms with Crippen molar-refractivity contribution in [3.63, 3.8) is 0 Å². The topological polar surface area (TPSA) is 195 Å². The summed E-state index contributed by atoms with van der Waals surface area (Å²) in [6, 6.07) is -0.869. The van der Waals surface area contributed by atoms with Crippen LogP contribution in [0.5, 0.6) is 0 Å². The summed E-state index contributed by atoms with van der Waals surface area (Å²) in [7, 11) is 5.26. The molecule has 320 valence electrons. The number of amides is 1. The second-order valence-electron chi connectivity index (χ2n) is 17.1. The summed E-state index contributed by atoms with van der Waals surface area (Å²) < 4.78 is 44.5. The predicted molar refractivity (Wildman–Crippen MR) is 204 cm³/mol. The number of aliphatic hydroxyl groups is 4. The van der Waals surface area contributed by atoms with Crippen molar-refractivity contribution in [3.8, 4) is 0 Å². The fourth-order valence-corrected chi connectivity index (χ4v) is 8.64. The zero-order valence-electron chi connectivity index (χ0n) is 35.4. The summed E-state index contributed by atoms with van der Waals surface area (Å²) in [6.07, 6.45) is -7.38. The first-order valence-corrected chi connectivity index (χ1v) is 19.8. The summed E-state index contributed by atoms with van der Waals surface area (Å²) in [5.41, 5.74) is -4.32. The molecule has 0 radical (unpaired) electrons. The lowest BCUT2D eigenvalue weighted by atomic mass is 9.78. The van der Waals surface area contributed by atoms with E-state index in [0.29, 0.717) is 6.42 Å². The Balaban J connectivity index is 2.27. The second-order valence-corrected chi connectivity index (χ2v) is 17.1. The molecule has 15 heteroatoms. The smallest absolute Gasteiger partial charge is 0.311 e. The average Bonchev–Trinajstić information content (AvgIpc) is 3.12. The summed E-state index contributed by atoms with van der Waals surface area (Å²) in [5, 5.41) is 48.7. The third-order valence-corrected chi connectivity index (χ3v) is 12.2. The molecule has 3 fully saturated rings. The molecule has 0 bridgehead atoms. The molecule has 3 heterocycles. The number of nitrogens with zero attached hydrogens (tertiary/aromatic N) is 1. The van der Waals surface area contributed by atoms with Crippen LogP contribution in [0.3, 0.4) is 0 Å². The zero-order valence-corrected chi connectivity index (χ0v) is 35.4. The van der Waals surface area contributed by atoms with Crippen molar-refractivity contribution in [3.05, 3.63) is 12.7 Å². The molecule has 55 heavy (non-hydrogen) atoms. The molecule has 3 aliphatic rings. The van der Waals surface area contributed by atoms with Gasteiger partial charge in [-0.05, 0) is 81.8 Å². The molecule has 3 aliphatic heterocycles. The molecule has 18 atom stereocenters. The molecule has 0 spiro atoms. The lowest BCUT2D eigenvalue weighted by Gasteiger charge is -2.49. The fraction of sp³-hybridized carbons (Fsp3) is 0.900. The molecule has 0 aromatic carbocycles. The Labute approximate surface area is 328 Å². The van der Waals surface area contributed by atoms with Gasteiger partial charge in [0.1, 0.15) is 23.9 Å². The van der Waals surface area contributed by atoms with E-state index in [9.17, 15) is 30.0 Å². The first kappa shape index (κ1) is 47.6. The summed E-state index contributed by atoms with van der Waals surface area (Å²) in [4.78, 5) is 29.9. The summed E-state index contributed by atoms with van der Waals surface area (Å²) in [6.45, 7) is 21.0. The van der Waals surface area contributed by atoms with Crippen LogP contribution in [0, 0.1) is 17.8 Å². The monoisotopic (exact) mass is 789 g/mol. The SMILES string of the molecule is C=CCO[C@]1(C)C[C@@H](C)NC(=O)[C@H](C)[C@H](O)[C@@](C)(O)[C@@H](CC)OC(=O)[C@H](C)[C@@H](O[C@@H]2C[C@@](C)(OC)[C@@H](O)[C@H](C)O2)[C@H](C)[C@H]1O[C@@H]1O[C@H](C)C[C@H](N(C)C)[C@H]1O. The number of carbonyl (C=O) groups excluding carboxylic acids is 2. The lowest BCUT2D eigenvalue weighted by molar-refractivity contribution is -0.320. The molecular weight excluding hydrogens is 716 g/mol. The number of rotatable bonds is 10. The number of hydrogen-bond donors (Lipinski definition) is 5. The van der Waals surface area contributed by atoms with Crippen LogP contribution < -0.4 is 5.32 Å². The van der Waals surface area contributed by atoms with E-state index < -0.39 is 108 Å². The third kappa shape index (κ3) is 10.8. The molecule has 3 rings (SSSR count). The average molecular weight is 789 g/mol. The number of methoxy groups -OCH3 is 1. The van der Waals surface area contributed by atoms with Gasteiger partial charge in [0.05, 0.1) is 60.2 Å². The molecule has 5 N–H and O–H groups in total. The Morgan fingerprint density at radius 2 is 1.58 bits per heavy atom. The van der Waals surface area contributed by atoms with Crippen LogP contribution in [0.15, 0.2) is 12.7 Å². The number of likely N-dealkylation sites (N-methyl/N-ethyl adjacent to an activating group) is 1. The van der Waals surface area contributed by atoms with Crippen LogP contribution in [0.2, 0.25) is 0 Å². The van der Waals surface area contributed by atoms with E-state index in [-0.39, 0.29) is 38.0 Å². The molecule has 0 aromatic heterocycles. The van der Waals surface area contributed by atoms with Gasteiger partial charge in [0.25, 0.3) is 0 Å². The highest BCUT2D eigenvalue weighted by Gasteiger charge is 2.53. The normalized spacial score (nSPS) is 47.0. The fourth-order valence-electron chi connectivity index (χ4n) is 8.64. The van der Waals surface area contributed by atoms with Crippen LogP contribution in [-0.4, -0.2) is 155 Å². The second kappa shape index (κ2) is 19.3. The van der Waals surface area contributed by atoms with Crippen molar-refractivity contribution in [2.45, 2.75) is 185 Å². The lowest BCUT2D eigenvalue weighted by Crippen LogP contribution is -2.61. The molecule has 0 aliphatic carbocycles. The number of nitrogens with one attached hydrogen (secondary N) is 1. The highest BCUT2D eigenvalue weighted by atomic mass is 16.7. The van der Waals surface area contributed by atoms with Crippen LogP contribution in [0.4, 0.5) is 0 Å². The zero-order chi connectivity index (χ0) is 41.8. The van der Waals surface area contributed by atoms with E-state index >= 15 is 0 Å². The highest BCUT2D eigenvalue weighted by molar-refractivity contribution is 5.79. The molecule has 0 aromatic rings. The van der Waals surface area contributed by atoms with Gasteiger partial charge in [0.2, 0.25) is 5.91 Å². The maximum atomic E-state index is 14.3. The molecule has 0 unspecified atom stereocenters. The third-order valence-electron chi connectivity index (χ3n) is 12.2. The Hall–Kier alpha value is -1.76. The van der Waals surface area contributed by atoms with Crippen molar-refractivity contribution in [2.75, 3.05) is 27.8 Å². The number of aliphatic hydroxyl groups excluding tert-OH is 3. The maximum Gasteiger partial charge on any atom is 0.311 e. The van der Waals surface area contributed by atoms with Crippen LogP contribution in [0.25, 0.3) is 0 Å². The van der Waals surface area contributed by atoms with Crippen molar-refractivity contribution in [2.24, 2.45) is 17.8 Å². The van der Waals surface area contributed by atoms with E-state index in [1.54, 1.807) is 40.7 Å². The van der Waals surface area contributed by atoms with E-state index in [1.165, 1.54) is 21.0 Å². The largest absolute Gasteiger partial charge is 0.459 e. The molecular formula is C40H72N2O13. The van der Waals surface area contributed by atoms with Gasteiger partial charge < -0.3 is 63.8 Å². The van der Waals surface area contributed by atoms with E-state index in [0.717, 1.165) is 0 Å². The van der Waals surface area contributed by atoms with Crippen LogP contribution in [0.1, 0.15) is 94.9 Å². The van der Waals surface area contributed by atoms with Gasteiger partial charge in [-0.15, -0.1) is 6.58 Å². The van der Waals surface area contributed by atoms with Crippen LogP contribution in [-0.2, 0) is 42.7 Å². The van der Waals surface area contributed by atoms with Gasteiger partial charge in [-0.2, -0.15) is 0 Å². The number of cyclic esters (lactones) is 1. The van der Waals surface area contributed by atoms with E-state index in [1.807, 2.05) is 39.8 Å². The van der Waals surface area contributed by atoms with Gasteiger partial charge >= 0.3 is 5.97 Å². The predicted octanol–water partition coefficient (Wildman–Crippen LogP) is 2.30. The number of carbonyl (C=O) groups is 2. The first-order valence-electron chi connectivity index (χ1n) is 19.8. The van der Waals surface area contributed by atoms with Gasteiger partial charge in [0, 0.05) is 31.5 Å². The van der Waals surface area contributed by atoms with Crippen molar-refractivity contribution in [1.82, 2.24) is 10.2 Å².